The largest absolute Gasteiger partial charge is 0.459 e. The first-order valence-corrected chi connectivity index (χ1v) is 11.1. The molecule has 0 aliphatic rings. The highest BCUT2D eigenvalue weighted by Crippen LogP contribution is 2.22. The van der Waals surface area contributed by atoms with E-state index in [1.54, 1.807) is 36.4 Å². The van der Waals surface area contributed by atoms with Crippen molar-refractivity contribution in [3.05, 3.63) is 89.5 Å². The number of esters is 2. The van der Waals surface area contributed by atoms with Crippen molar-refractivity contribution >= 4 is 11.9 Å². The molecular formula is C28H30O4. The minimum absolute atomic E-state index is 0.141. The van der Waals surface area contributed by atoms with E-state index in [2.05, 4.69) is 38.1 Å². The molecule has 0 aliphatic carbocycles. The molecule has 1 unspecified atom stereocenters. The van der Waals surface area contributed by atoms with Gasteiger partial charge >= 0.3 is 11.9 Å². The van der Waals surface area contributed by atoms with Gasteiger partial charge in [-0.25, -0.2) is 9.59 Å². The Hall–Kier alpha value is -3.40. The minimum Gasteiger partial charge on any atom is -0.459 e. The molecule has 4 heteroatoms. The first kappa shape index (κ1) is 23.3. The molecule has 3 aromatic rings. The molecule has 3 aromatic carbocycles. The van der Waals surface area contributed by atoms with Gasteiger partial charge in [-0.05, 0) is 80.1 Å². The van der Waals surface area contributed by atoms with Crippen LogP contribution in [0.2, 0.25) is 0 Å². The van der Waals surface area contributed by atoms with Gasteiger partial charge in [0.2, 0.25) is 0 Å². The van der Waals surface area contributed by atoms with Gasteiger partial charge in [-0.1, -0.05) is 55.8 Å². The van der Waals surface area contributed by atoms with Crippen LogP contribution in [0.4, 0.5) is 0 Å². The Kier molecular flexibility index (Phi) is 7.82. The van der Waals surface area contributed by atoms with Crippen molar-refractivity contribution in [1.29, 1.82) is 0 Å². The Balaban J connectivity index is 1.60. The molecule has 0 fully saturated rings. The highest BCUT2D eigenvalue weighted by molar-refractivity contribution is 5.92. The summed E-state index contributed by atoms with van der Waals surface area (Å²) in [5, 5.41) is 0. The van der Waals surface area contributed by atoms with Crippen LogP contribution in [-0.4, -0.2) is 18.0 Å². The van der Waals surface area contributed by atoms with Crippen LogP contribution in [0.1, 0.15) is 59.9 Å². The van der Waals surface area contributed by atoms with Crippen molar-refractivity contribution in [1.82, 2.24) is 0 Å². The highest BCUT2D eigenvalue weighted by Gasteiger charge is 2.19. The van der Waals surface area contributed by atoms with Gasteiger partial charge in [0.05, 0.1) is 11.1 Å². The van der Waals surface area contributed by atoms with Crippen LogP contribution in [-0.2, 0) is 4.74 Å². The fraction of sp³-hybridized carbons (Fsp3) is 0.286. The van der Waals surface area contributed by atoms with Gasteiger partial charge in [-0.15, -0.1) is 0 Å². The Morgan fingerprint density at radius 2 is 1.19 bits per heavy atom. The molecule has 0 spiro atoms. The van der Waals surface area contributed by atoms with Crippen molar-refractivity contribution in [2.75, 3.05) is 0 Å². The fourth-order valence-electron chi connectivity index (χ4n) is 3.66. The maximum atomic E-state index is 12.5. The molecular weight excluding hydrogens is 400 g/mol. The van der Waals surface area contributed by atoms with Gasteiger partial charge in [0.1, 0.15) is 11.9 Å². The smallest absolute Gasteiger partial charge is 0.343 e. The summed E-state index contributed by atoms with van der Waals surface area (Å²) in [6, 6.07) is 22.0. The minimum atomic E-state index is -0.446. The van der Waals surface area contributed by atoms with Crippen LogP contribution in [0.3, 0.4) is 0 Å². The third-order valence-electron chi connectivity index (χ3n) is 5.81. The summed E-state index contributed by atoms with van der Waals surface area (Å²) < 4.78 is 11.0. The van der Waals surface area contributed by atoms with E-state index in [1.165, 1.54) is 5.56 Å². The topological polar surface area (TPSA) is 52.6 Å². The third-order valence-corrected chi connectivity index (χ3v) is 5.81. The van der Waals surface area contributed by atoms with E-state index < -0.39 is 5.97 Å². The second kappa shape index (κ2) is 10.8. The summed E-state index contributed by atoms with van der Waals surface area (Å²) in [5.41, 5.74) is 4.23. The quantitative estimate of drug-likeness (QED) is 0.289. The number of hydrogen-bond donors (Lipinski definition) is 0. The number of aryl methyl sites for hydroxylation is 1. The number of carbonyl (C=O) groups is 2. The van der Waals surface area contributed by atoms with Crippen LogP contribution in [0.25, 0.3) is 11.1 Å². The molecule has 0 amide bonds. The summed E-state index contributed by atoms with van der Waals surface area (Å²) in [7, 11) is 0. The van der Waals surface area contributed by atoms with Crippen molar-refractivity contribution in [3.63, 3.8) is 0 Å². The molecule has 0 radical (unpaired) electrons. The van der Waals surface area contributed by atoms with Gasteiger partial charge in [0.25, 0.3) is 0 Å². The van der Waals surface area contributed by atoms with E-state index in [4.69, 9.17) is 9.47 Å². The summed E-state index contributed by atoms with van der Waals surface area (Å²) >= 11 is 0. The highest BCUT2D eigenvalue weighted by atomic mass is 16.5. The van der Waals surface area contributed by atoms with E-state index in [9.17, 15) is 9.59 Å². The lowest BCUT2D eigenvalue weighted by Crippen LogP contribution is -2.23. The lowest BCUT2D eigenvalue weighted by atomic mass is 9.98. The van der Waals surface area contributed by atoms with Gasteiger partial charge in [-0.3, -0.25) is 0 Å². The standard InChI is InChI=1S/C28H30O4/c1-5-21(6-2)20(4)31-27(29)25-15-17-26(18-16-25)32-28(30)24-13-11-23(12-14-24)22-9-7-19(3)8-10-22/h7-18,20-21H,5-6H2,1-4H3. The molecule has 3 rings (SSSR count). The normalized spacial score (nSPS) is 11.8. The molecule has 0 N–H and O–H groups in total. The van der Waals surface area contributed by atoms with Crippen LogP contribution in [0.15, 0.2) is 72.8 Å². The Labute approximate surface area is 190 Å². The first-order valence-electron chi connectivity index (χ1n) is 11.1. The number of hydrogen-bond acceptors (Lipinski definition) is 4. The van der Waals surface area contributed by atoms with Gasteiger partial charge in [-0.2, -0.15) is 0 Å². The van der Waals surface area contributed by atoms with Crippen molar-refractivity contribution in [2.24, 2.45) is 5.92 Å². The first-order chi connectivity index (χ1) is 15.4. The van der Waals surface area contributed by atoms with E-state index in [0.717, 1.165) is 24.0 Å². The van der Waals surface area contributed by atoms with Gasteiger partial charge < -0.3 is 9.47 Å². The van der Waals surface area contributed by atoms with Crippen LogP contribution >= 0.6 is 0 Å². The van der Waals surface area contributed by atoms with Gasteiger partial charge in [0, 0.05) is 0 Å². The van der Waals surface area contributed by atoms with Crippen molar-refractivity contribution < 1.29 is 19.1 Å². The Morgan fingerprint density at radius 1 is 0.719 bits per heavy atom. The number of rotatable bonds is 8. The molecule has 32 heavy (non-hydrogen) atoms. The maximum Gasteiger partial charge on any atom is 0.343 e. The van der Waals surface area contributed by atoms with Crippen LogP contribution in [0.5, 0.6) is 5.75 Å². The zero-order valence-corrected chi connectivity index (χ0v) is 19.1. The van der Waals surface area contributed by atoms with E-state index in [0.29, 0.717) is 22.8 Å². The van der Waals surface area contributed by atoms with Crippen molar-refractivity contribution in [2.45, 2.75) is 46.6 Å². The second-order valence-electron chi connectivity index (χ2n) is 8.04. The summed E-state index contributed by atoms with van der Waals surface area (Å²) in [6.07, 6.45) is 1.79. The van der Waals surface area contributed by atoms with Crippen LogP contribution in [0, 0.1) is 12.8 Å². The maximum absolute atomic E-state index is 12.5. The molecule has 166 valence electrons. The average molecular weight is 431 g/mol. The summed E-state index contributed by atoms with van der Waals surface area (Å²) in [5.74, 6) is -0.0918. The molecule has 0 heterocycles. The lowest BCUT2D eigenvalue weighted by molar-refractivity contribution is 0.0185. The second-order valence-corrected chi connectivity index (χ2v) is 8.04. The van der Waals surface area contributed by atoms with Crippen molar-refractivity contribution in [3.8, 4) is 16.9 Å². The molecule has 0 saturated carbocycles. The van der Waals surface area contributed by atoms with E-state index in [1.807, 2.05) is 26.0 Å². The summed E-state index contributed by atoms with van der Waals surface area (Å²) in [6.45, 7) is 8.16. The molecule has 1 atom stereocenters. The SMILES string of the molecule is CCC(CC)C(C)OC(=O)c1ccc(OC(=O)c2ccc(-c3ccc(C)cc3)cc2)cc1. The average Bonchev–Trinajstić information content (AvgIpc) is 2.81. The molecule has 4 nitrogen and oxygen atoms in total. The fourth-order valence-corrected chi connectivity index (χ4v) is 3.66. The zero-order valence-electron chi connectivity index (χ0n) is 19.1. The summed E-state index contributed by atoms with van der Waals surface area (Å²) in [4.78, 5) is 24.9. The molecule has 0 saturated heterocycles. The number of carbonyl (C=O) groups excluding carboxylic acids is 2. The van der Waals surface area contributed by atoms with E-state index >= 15 is 0 Å². The monoisotopic (exact) mass is 430 g/mol. The third kappa shape index (κ3) is 5.85. The van der Waals surface area contributed by atoms with Gasteiger partial charge in [0.15, 0.2) is 0 Å². The predicted octanol–water partition coefficient (Wildman–Crippen LogP) is 6.86. The number of benzene rings is 3. The van der Waals surface area contributed by atoms with E-state index in [-0.39, 0.29) is 12.1 Å². The predicted molar refractivity (Wildman–Crippen MR) is 127 cm³/mol. The Morgan fingerprint density at radius 3 is 1.72 bits per heavy atom. The lowest BCUT2D eigenvalue weighted by Gasteiger charge is -2.21. The molecule has 0 bridgehead atoms. The zero-order chi connectivity index (χ0) is 23.1. The number of ether oxygens (including phenoxy) is 2. The Bertz CT molecular complexity index is 1030. The molecule has 0 aromatic heterocycles. The van der Waals surface area contributed by atoms with Crippen LogP contribution < -0.4 is 4.74 Å². The molecule has 0 aliphatic heterocycles.